The van der Waals surface area contributed by atoms with Crippen LogP contribution in [0.5, 0.6) is 0 Å². The zero-order valence-electron chi connectivity index (χ0n) is 19.6. The lowest BCUT2D eigenvalue weighted by Crippen LogP contribution is -2.58. The van der Waals surface area contributed by atoms with Crippen LogP contribution in [0.4, 0.5) is 5.69 Å². The van der Waals surface area contributed by atoms with E-state index in [4.69, 9.17) is 23.2 Å². The number of hydrogen-bond acceptors (Lipinski definition) is 6. The zero-order valence-corrected chi connectivity index (χ0v) is 21.1. The second-order valence-electron chi connectivity index (χ2n) is 9.69. The third-order valence-electron chi connectivity index (χ3n) is 7.76. The van der Waals surface area contributed by atoms with Gasteiger partial charge in [0.05, 0.1) is 16.8 Å². The molecule has 2 aliphatic carbocycles. The molecule has 1 aliphatic heterocycles. The molecule has 2 aromatic rings. The SMILES string of the molecule is O=C(c1ccc(Cl)cc1)[C@@H](CCCl)N(C(=O)c1ccc([N+](=O)[O-])cc1)N1C(=O)[C@@H]2[C@H]3CC[C@@H](C3)[C@@H]2C1=O. The van der Waals surface area contributed by atoms with Crippen molar-refractivity contribution in [3.63, 3.8) is 0 Å². The summed E-state index contributed by atoms with van der Waals surface area (Å²) < 4.78 is 0. The first-order chi connectivity index (χ1) is 17.7. The first-order valence-corrected chi connectivity index (χ1v) is 13.0. The van der Waals surface area contributed by atoms with E-state index >= 15 is 0 Å². The number of nitrogens with zero attached hydrogens (tertiary/aromatic N) is 3. The highest BCUT2D eigenvalue weighted by atomic mass is 35.5. The van der Waals surface area contributed by atoms with Gasteiger partial charge in [0.1, 0.15) is 6.04 Å². The third kappa shape index (κ3) is 4.30. The maximum Gasteiger partial charge on any atom is 0.273 e. The maximum atomic E-state index is 13.9. The van der Waals surface area contributed by atoms with Crippen LogP contribution in [0.3, 0.4) is 0 Å². The first-order valence-electron chi connectivity index (χ1n) is 12.0. The van der Waals surface area contributed by atoms with Crippen molar-refractivity contribution in [2.75, 3.05) is 5.88 Å². The molecule has 37 heavy (non-hydrogen) atoms. The van der Waals surface area contributed by atoms with Crippen LogP contribution in [0.15, 0.2) is 48.5 Å². The van der Waals surface area contributed by atoms with Crippen LogP contribution >= 0.6 is 23.2 Å². The van der Waals surface area contributed by atoms with Crippen LogP contribution < -0.4 is 0 Å². The van der Waals surface area contributed by atoms with Crippen molar-refractivity contribution in [2.24, 2.45) is 23.7 Å². The van der Waals surface area contributed by atoms with Gasteiger partial charge in [0.2, 0.25) is 0 Å². The van der Waals surface area contributed by atoms with Crippen LogP contribution in [0.2, 0.25) is 5.02 Å². The number of rotatable bonds is 8. The monoisotopic (exact) mass is 543 g/mol. The number of hydrogen-bond donors (Lipinski definition) is 0. The summed E-state index contributed by atoms with van der Waals surface area (Å²) in [6.45, 7) is 0. The largest absolute Gasteiger partial charge is 0.292 e. The van der Waals surface area contributed by atoms with E-state index in [1.54, 1.807) is 0 Å². The molecule has 0 spiro atoms. The molecule has 0 unspecified atom stereocenters. The second-order valence-corrected chi connectivity index (χ2v) is 10.5. The lowest BCUT2D eigenvalue weighted by Gasteiger charge is -2.36. The molecule has 9 nitrogen and oxygen atoms in total. The third-order valence-corrected chi connectivity index (χ3v) is 8.23. The van der Waals surface area contributed by atoms with E-state index in [9.17, 15) is 29.3 Å². The predicted octanol–water partition coefficient (Wildman–Crippen LogP) is 4.52. The number of non-ortho nitro benzene ring substituents is 1. The maximum absolute atomic E-state index is 13.9. The van der Waals surface area contributed by atoms with Gasteiger partial charge in [-0.1, -0.05) is 11.6 Å². The van der Waals surface area contributed by atoms with E-state index in [-0.39, 0.29) is 41.0 Å². The molecule has 3 fully saturated rings. The van der Waals surface area contributed by atoms with Crippen LogP contribution in [0, 0.1) is 33.8 Å². The van der Waals surface area contributed by atoms with Crippen LogP contribution in [-0.4, -0.2) is 50.4 Å². The summed E-state index contributed by atoms with van der Waals surface area (Å²) in [4.78, 5) is 65.5. The molecular weight excluding hydrogens is 521 g/mol. The van der Waals surface area contributed by atoms with Gasteiger partial charge < -0.3 is 0 Å². The van der Waals surface area contributed by atoms with Crippen molar-refractivity contribution < 1.29 is 24.1 Å². The summed E-state index contributed by atoms with van der Waals surface area (Å²) >= 11 is 12.0. The van der Waals surface area contributed by atoms with E-state index in [1.807, 2.05) is 0 Å². The van der Waals surface area contributed by atoms with E-state index in [0.29, 0.717) is 5.02 Å². The molecule has 1 heterocycles. The van der Waals surface area contributed by atoms with Gasteiger partial charge in [-0.15, -0.1) is 11.6 Å². The van der Waals surface area contributed by atoms with Crippen molar-refractivity contribution in [1.29, 1.82) is 0 Å². The van der Waals surface area contributed by atoms with Crippen LogP contribution in [-0.2, 0) is 9.59 Å². The highest BCUT2D eigenvalue weighted by Crippen LogP contribution is 2.56. The molecular formula is C26H23Cl2N3O6. The van der Waals surface area contributed by atoms with Gasteiger partial charge in [-0.3, -0.25) is 29.3 Å². The average Bonchev–Trinajstić information content (AvgIpc) is 3.58. The molecule has 2 aromatic carbocycles. The minimum absolute atomic E-state index is 0.00490. The van der Waals surface area contributed by atoms with Crippen molar-refractivity contribution >= 4 is 52.4 Å². The fraction of sp³-hybridized carbons (Fsp3) is 0.385. The fourth-order valence-electron chi connectivity index (χ4n) is 6.11. The molecule has 0 N–H and O–H groups in total. The Balaban J connectivity index is 1.58. The smallest absolute Gasteiger partial charge is 0.273 e. The Kier molecular flexibility index (Phi) is 6.76. The molecule has 2 saturated carbocycles. The molecule has 1 saturated heterocycles. The predicted molar refractivity (Wildman–Crippen MR) is 134 cm³/mol. The van der Waals surface area contributed by atoms with Gasteiger partial charge in [-0.05, 0) is 73.9 Å². The summed E-state index contributed by atoms with van der Waals surface area (Å²) in [5.41, 5.74) is 0.00664. The Labute approximate surface area is 222 Å². The van der Waals surface area contributed by atoms with Gasteiger partial charge in [0.15, 0.2) is 5.78 Å². The molecule has 0 aromatic heterocycles. The number of nitro benzene ring substituents is 1. The van der Waals surface area contributed by atoms with Gasteiger partial charge >= 0.3 is 0 Å². The van der Waals surface area contributed by atoms with Gasteiger partial charge in [-0.25, -0.2) is 5.01 Å². The first kappa shape index (κ1) is 25.4. The number of halogens is 2. The number of hydrazine groups is 1. The molecule has 5 rings (SSSR count). The van der Waals surface area contributed by atoms with Crippen molar-refractivity contribution in [1.82, 2.24) is 10.0 Å². The van der Waals surface area contributed by atoms with Gasteiger partial charge in [-0.2, -0.15) is 5.01 Å². The summed E-state index contributed by atoms with van der Waals surface area (Å²) in [5.74, 6) is -3.17. The summed E-state index contributed by atoms with van der Waals surface area (Å²) in [6, 6.07) is 9.61. The van der Waals surface area contributed by atoms with E-state index in [0.717, 1.165) is 41.4 Å². The summed E-state index contributed by atoms with van der Waals surface area (Å²) in [6.07, 6.45) is 2.49. The molecule has 192 valence electrons. The molecule has 2 bridgehead atoms. The molecule has 3 aliphatic rings. The fourth-order valence-corrected chi connectivity index (χ4v) is 6.44. The number of benzene rings is 2. The number of nitro groups is 1. The zero-order chi connectivity index (χ0) is 26.4. The Hall–Kier alpha value is -3.30. The normalized spacial score (nSPS) is 24.8. The van der Waals surface area contributed by atoms with E-state index in [2.05, 4.69) is 0 Å². The number of ketones is 1. The van der Waals surface area contributed by atoms with E-state index < -0.39 is 46.3 Å². The topological polar surface area (TPSA) is 118 Å². The Morgan fingerprint density at radius 1 is 0.973 bits per heavy atom. The molecule has 5 atom stereocenters. The number of fused-ring (bicyclic) bond motifs is 5. The molecule has 3 amide bonds. The van der Waals surface area contributed by atoms with Gasteiger partial charge in [0, 0.05) is 34.2 Å². The van der Waals surface area contributed by atoms with Gasteiger partial charge in [0.25, 0.3) is 23.4 Å². The van der Waals surface area contributed by atoms with Crippen LogP contribution in [0.25, 0.3) is 0 Å². The molecule has 11 heteroatoms. The lowest BCUT2D eigenvalue weighted by molar-refractivity contribution is -0.384. The van der Waals surface area contributed by atoms with Crippen molar-refractivity contribution in [2.45, 2.75) is 31.7 Å². The Morgan fingerprint density at radius 2 is 1.51 bits per heavy atom. The summed E-state index contributed by atoms with van der Waals surface area (Å²) in [5, 5.41) is 13.3. The van der Waals surface area contributed by atoms with Crippen LogP contribution in [0.1, 0.15) is 46.4 Å². The number of carbonyl (C=O) groups is 4. The molecule has 0 radical (unpaired) electrons. The minimum atomic E-state index is -1.26. The van der Waals surface area contributed by atoms with E-state index in [1.165, 1.54) is 36.4 Å². The quantitative estimate of drug-likeness (QED) is 0.159. The Bertz CT molecular complexity index is 1250. The summed E-state index contributed by atoms with van der Waals surface area (Å²) in [7, 11) is 0. The lowest BCUT2D eigenvalue weighted by atomic mass is 9.81. The minimum Gasteiger partial charge on any atom is -0.292 e. The highest BCUT2D eigenvalue weighted by Gasteiger charge is 2.63. The highest BCUT2D eigenvalue weighted by molar-refractivity contribution is 6.30. The number of alkyl halides is 1. The second kappa shape index (κ2) is 9.87. The number of Topliss-reactive ketones (excluding diaryl/α,β-unsaturated/α-hetero) is 1. The number of imide groups is 1. The Morgan fingerprint density at radius 3 is 2.03 bits per heavy atom. The number of carbonyl (C=O) groups excluding carboxylic acids is 4. The average molecular weight is 544 g/mol. The van der Waals surface area contributed by atoms with Crippen molar-refractivity contribution in [3.05, 3.63) is 74.8 Å². The number of amides is 3. The standard InChI is InChI=1S/C26H23Cl2N3O6/c27-12-11-20(23(32)14-3-7-18(28)8-4-14)29(24(33)15-5-9-19(10-6-15)31(36)37)30-25(34)21-16-1-2-17(13-16)22(21)26(30)35/h3-10,16-17,20-22H,1-2,11-13H2/t16-,17-,20+,21-,22+/m0/s1. The van der Waals surface area contributed by atoms with Crippen molar-refractivity contribution in [3.8, 4) is 0 Å².